The fraction of sp³-hybridized carbons (Fsp3) is 0.462. The molecule has 0 spiro atoms. The minimum atomic E-state index is -0.303. The van der Waals surface area contributed by atoms with Gasteiger partial charge in [0, 0.05) is 10.5 Å². The first kappa shape index (κ1) is 13.7. The van der Waals surface area contributed by atoms with Crippen LogP contribution in [0, 0.1) is 0 Å². The van der Waals surface area contributed by atoms with Gasteiger partial charge in [-0.2, -0.15) is 0 Å². The van der Waals surface area contributed by atoms with E-state index in [1.54, 1.807) is 18.9 Å². The van der Waals surface area contributed by atoms with Crippen molar-refractivity contribution in [2.75, 3.05) is 18.2 Å². The maximum atomic E-state index is 12.3. The number of thioether (sulfide) groups is 1. The molecule has 1 atom stereocenters. The highest BCUT2D eigenvalue weighted by molar-refractivity contribution is 9.10. The molecule has 1 aliphatic heterocycles. The van der Waals surface area contributed by atoms with E-state index < -0.39 is 0 Å². The molecule has 18 heavy (non-hydrogen) atoms. The van der Waals surface area contributed by atoms with Crippen LogP contribution in [0.1, 0.15) is 19.8 Å². The summed E-state index contributed by atoms with van der Waals surface area (Å²) < 4.78 is 5.73. The lowest BCUT2D eigenvalue weighted by molar-refractivity contribution is -0.118. The largest absolute Gasteiger partial charge is 0.497 e. The smallest absolute Gasteiger partial charge is 0.240 e. The summed E-state index contributed by atoms with van der Waals surface area (Å²) in [5, 5.41) is 2.98. The van der Waals surface area contributed by atoms with Gasteiger partial charge in [-0.1, -0.05) is 0 Å². The van der Waals surface area contributed by atoms with E-state index in [0.717, 1.165) is 34.5 Å². The van der Waals surface area contributed by atoms with E-state index in [1.165, 1.54) is 0 Å². The third-order valence-electron chi connectivity index (χ3n) is 3.12. The van der Waals surface area contributed by atoms with Crippen LogP contribution in [0.4, 0.5) is 5.69 Å². The Kier molecular flexibility index (Phi) is 4.22. The summed E-state index contributed by atoms with van der Waals surface area (Å²) in [5.41, 5.74) is 0.757. The zero-order valence-electron chi connectivity index (χ0n) is 10.5. The van der Waals surface area contributed by atoms with E-state index in [0.29, 0.717) is 0 Å². The Morgan fingerprint density at radius 1 is 1.56 bits per heavy atom. The van der Waals surface area contributed by atoms with Crippen LogP contribution in [0.25, 0.3) is 0 Å². The highest BCUT2D eigenvalue weighted by Crippen LogP contribution is 2.39. The number of rotatable bonds is 3. The first-order valence-corrected chi connectivity index (χ1v) is 7.62. The fourth-order valence-electron chi connectivity index (χ4n) is 1.94. The second-order valence-electron chi connectivity index (χ2n) is 4.48. The molecule has 0 radical (unpaired) electrons. The molecule has 1 aliphatic rings. The van der Waals surface area contributed by atoms with Gasteiger partial charge in [0.15, 0.2) is 0 Å². The van der Waals surface area contributed by atoms with Crippen LogP contribution < -0.4 is 10.1 Å². The maximum Gasteiger partial charge on any atom is 0.240 e. The van der Waals surface area contributed by atoms with Crippen LogP contribution in [-0.4, -0.2) is 23.5 Å². The summed E-state index contributed by atoms with van der Waals surface area (Å²) >= 11 is 5.17. The summed E-state index contributed by atoms with van der Waals surface area (Å²) in [6.45, 7) is 2.01. The molecule has 5 heteroatoms. The molecule has 0 saturated carbocycles. The van der Waals surface area contributed by atoms with Crippen molar-refractivity contribution >= 4 is 39.3 Å². The molecule has 3 nitrogen and oxygen atoms in total. The molecular formula is C13H16BrNO2S. The SMILES string of the molecule is COc1ccc(Br)c(NC(=O)C2(C)CCCS2)c1. The number of ether oxygens (including phenoxy) is 1. The molecular weight excluding hydrogens is 314 g/mol. The number of carbonyl (C=O) groups excluding carboxylic acids is 1. The topological polar surface area (TPSA) is 38.3 Å². The molecule has 0 bridgehead atoms. The standard InChI is InChI=1S/C13H16BrNO2S/c1-13(6-3-7-18-13)12(16)15-11-8-9(17-2)4-5-10(11)14/h4-5,8H,3,6-7H2,1-2H3,(H,15,16). The number of hydrogen-bond acceptors (Lipinski definition) is 3. The summed E-state index contributed by atoms with van der Waals surface area (Å²) in [6.07, 6.45) is 2.04. The Morgan fingerprint density at radius 2 is 2.33 bits per heavy atom. The van der Waals surface area contributed by atoms with E-state index in [4.69, 9.17) is 4.74 Å². The van der Waals surface area contributed by atoms with E-state index in [-0.39, 0.29) is 10.7 Å². The zero-order valence-corrected chi connectivity index (χ0v) is 12.9. The number of carbonyl (C=O) groups is 1. The molecule has 0 aliphatic carbocycles. The van der Waals surface area contributed by atoms with Crippen molar-refractivity contribution in [1.82, 2.24) is 0 Å². The average molecular weight is 330 g/mol. The van der Waals surface area contributed by atoms with Crippen molar-refractivity contribution < 1.29 is 9.53 Å². The highest BCUT2D eigenvalue weighted by atomic mass is 79.9. The molecule has 1 aromatic carbocycles. The lowest BCUT2D eigenvalue weighted by Gasteiger charge is -2.22. The number of hydrogen-bond donors (Lipinski definition) is 1. The summed E-state index contributed by atoms with van der Waals surface area (Å²) in [7, 11) is 1.61. The predicted octanol–water partition coefficient (Wildman–Crippen LogP) is 3.68. The van der Waals surface area contributed by atoms with Crippen molar-refractivity contribution in [2.45, 2.75) is 24.5 Å². The summed E-state index contributed by atoms with van der Waals surface area (Å²) in [6, 6.07) is 5.55. The van der Waals surface area contributed by atoms with E-state index in [1.807, 2.05) is 25.1 Å². The zero-order chi connectivity index (χ0) is 13.2. The van der Waals surface area contributed by atoms with Gasteiger partial charge in [0.1, 0.15) is 5.75 Å². The molecule has 0 aromatic heterocycles. The van der Waals surface area contributed by atoms with E-state index in [9.17, 15) is 4.79 Å². The van der Waals surface area contributed by atoms with Gasteiger partial charge in [-0.05, 0) is 53.6 Å². The second-order valence-corrected chi connectivity index (χ2v) is 6.94. The lowest BCUT2D eigenvalue weighted by Crippen LogP contribution is -2.34. The quantitative estimate of drug-likeness (QED) is 0.919. The molecule has 1 aromatic rings. The van der Waals surface area contributed by atoms with Crippen LogP contribution in [0.15, 0.2) is 22.7 Å². The number of benzene rings is 1. The van der Waals surface area contributed by atoms with E-state index in [2.05, 4.69) is 21.2 Å². The maximum absolute atomic E-state index is 12.3. The molecule has 1 unspecified atom stereocenters. The Hall–Kier alpha value is -0.680. The van der Waals surface area contributed by atoms with Crippen molar-refractivity contribution in [3.05, 3.63) is 22.7 Å². The van der Waals surface area contributed by atoms with Crippen LogP contribution in [-0.2, 0) is 4.79 Å². The first-order chi connectivity index (χ1) is 8.55. The van der Waals surface area contributed by atoms with Crippen molar-refractivity contribution in [3.8, 4) is 5.75 Å². The van der Waals surface area contributed by atoms with Crippen molar-refractivity contribution in [1.29, 1.82) is 0 Å². The number of nitrogens with one attached hydrogen (secondary N) is 1. The van der Waals surface area contributed by atoms with Gasteiger partial charge in [-0.25, -0.2) is 0 Å². The van der Waals surface area contributed by atoms with Crippen molar-refractivity contribution in [2.24, 2.45) is 0 Å². The Morgan fingerprint density at radius 3 is 2.94 bits per heavy atom. The van der Waals surface area contributed by atoms with E-state index >= 15 is 0 Å². The average Bonchev–Trinajstić information content (AvgIpc) is 2.80. The normalized spacial score (nSPS) is 22.8. The fourth-order valence-corrected chi connectivity index (χ4v) is 3.50. The monoisotopic (exact) mass is 329 g/mol. The summed E-state index contributed by atoms with van der Waals surface area (Å²) in [5.74, 6) is 1.86. The number of halogens is 1. The van der Waals surface area contributed by atoms with Crippen LogP contribution >= 0.6 is 27.7 Å². The van der Waals surface area contributed by atoms with Gasteiger partial charge < -0.3 is 10.1 Å². The number of methoxy groups -OCH3 is 1. The third-order valence-corrected chi connectivity index (χ3v) is 5.33. The minimum absolute atomic E-state index is 0.0685. The molecule has 1 amide bonds. The van der Waals surface area contributed by atoms with Crippen molar-refractivity contribution in [3.63, 3.8) is 0 Å². The predicted molar refractivity (Wildman–Crippen MR) is 79.4 cm³/mol. The van der Waals surface area contributed by atoms with Crippen LogP contribution in [0.3, 0.4) is 0 Å². The Labute approximate surface area is 120 Å². The van der Waals surface area contributed by atoms with Crippen LogP contribution in [0.5, 0.6) is 5.75 Å². The second kappa shape index (κ2) is 5.53. The van der Waals surface area contributed by atoms with Gasteiger partial charge in [-0.15, -0.1) is 11.8 Å². The minimum Gasteiger partial charge on any atom is -0.497 e. The molecule has 1 fully saturated rings. The van der Waals surface area contributed by atoms with Gasteiger partial charge in [0.25, 0.3) is 0 Å². The Bertz CT molecular complexity index is 458. The van der Waals surface area contributed by atoms with Gasteiger partial charge in [-0.3, -0.25) is 4.79 Å². The van der Waals surface area contributed by atoms with Gasteiger partial charge in [0.05, 0.1) is 17.5 Å². The lowest BCUT2D eigenvalue weighted by atomic mass is 10.0. The van der Waals surface area contributed by atoms with Gasteiger partial charge in [0.2, 0.25) is 5.91 Å². The molecule has 1 heterocycles. The Balaban J connectivity index is 2.16. The summed E-state index contributed by atoms with van der Waals surface area (Å²) in [4.78, 5) is 12.3. The highest BCUT2D eigenvalue weighted by Gasteiger charge is 2.37. The van der Waals surface area contributed by atoms with Gasteiger partial charge >= 0.3 is 0 Å². The molecule has 2 rings (SSSR count). The molecule has 1 saturated heterocycles. The number of amides is 1. The van der Waals surface area contributed by atoms with Crippen LogP contribution in [0.2, 0.25) is 0 Å². The number of anilines is 1. The molecule has 1 N–H and O–H groups in total. The first-order valence-electron chi connectivity index (χ1n) is 5.84. The molecule has 98 valence electrons. The third kappa shape index (κ3) is 2.83.